The smallest absolute Gasteiger partial charge is 0.242 e. The number of anilines is 1. The van der Waals surface area contributed by atoms with Crippen molar-refractivity contribution in [3.05, 3.63) is 47.5 Å². The van der Waals surface area contributed by atoms with E-state index < -0.39 is 22.0 Å². The topological polar surface area (TPSA) is 93.7 Å². The molecular formula is C17H19ClN2O5S. The van der Waals surface area contributed by atoms with Gasteiger partial charge in [0.2, 0.25) is 15.9 Å². The Kier molecular flexibility index (Phi) is 6.47. The fraction of sp³-hybridized carbons (Fsp3) is 0.235. The standard InChI is InChI=1S/C17H19ClN2O5S/c1-11(17(21)19-14-7-5-4-6-13(14)18)20-26(22,23)12-8-9-15(24-2)16(10-12)25-3/h4-11,20H,1-3H3,(H,19,21)/t11-/m1/s1. The molecule has 2 rings (SSSR count). The molecule has 140 valence electrons. The minimum Gasteiger partial charge on any atom is -0.493 e. The van der Waals surface area contributed by atoms with Crippen LogP contribution in [0.2, 0.25) is 5.02 Å². The van der Waals surface area contributed by atoms with E-state index in [4.69, 9.17) is 21.1 Å². The quantitative estimate of drug-likeness (QED) is 0.747. The Labute approximate surface area is 157 Å². The molecule has 1 atom stereocenters. The predicted octanol–water partition coefficient (Wildman–Crippen LogP) is 2.66. The minimum absolute atomic E-state index is 0.0486. The second-order valence-electron chi connectivity index (χ2n) is 5.33. The van der Waals surface area contributed by atoms with Crippen LogP contribution in [0.4, 0.5) is 5.69 Å². The number of sulfonamides is 1. The van der Waals surface area contributed by atoms with E-state index in [-0.39, 0.29) is 10.6 Å². The van der Waals surface area contributed by atoms with Gasteiger partial charge < -0.3 is 14.8 Å². The number of amides is 1. The number of para-hydroxylation sites is 1. The lowest BCUT2D eigenvalue weighted by Crippen LogP contribution is -2.41. The van der Waals surface area contributed by atoms with Gasteiger partial charge in [-0.3, -0.25) is 4.79 Å². The van der Waals surface area contributed by atoms with Crippen LogP contribution in [-0.2, 0) is 14.8 Å². The second-order valence-corrected chi connectivity index (χ2v) is 7.45. The Hall–Kier alpha value is -2.29. The molecule has 7 nitrogen and oxygen atoms in total. The summed E-state index contributed by atoms with van der Waals surface area (Å²) in [5.74, 6) is 0.127. The minimum atomic E-state index is -3.94. The lowest BCUT2D eigenvalue weighted by Gasteiger charge is -2.16. The number of methoxy groups -OCH3 is 2. The number of nitrogens with one attached hydrogen (secondary N) is 2. The lowest BCUT2D eigenvalue weighted by atomic mass is 10.3. The highest BCUT2D eigenvalue weighted by Crippen LogP contribution is 2.29. The summed E-state index contributed by atoms with van der Waals surface area (Å²) in [6.45, 7) is 1.44. The molecule has 0 heterocycles. The SMILES string of the molecule is COc1ccc(S(=O)(=O)N[C@H](C)C(=O)Nc2ccccc2Cl)cc1OC. The van der Waals surface area contributed by atoms with Crippen LogP contribution in [-0.4, -0.2) is 34.6 Å². The molecule has 2 aromatic rings. The van der Waals surface area contributed by atoms with Crippen LogP contribution >= 0.6 is 11.6 Å². The molecule has 0 aromatic heterocycles. The Morgan fingerprint density at radius 2 is 1.73 bits per heavy atom. The van der Waals surface area contributed by atoms with E-state index in [1.807, 2.05) is 0 Å². The van der Waals surface area contributed by atoms with Gasteiger partial charge >= 0.3 is 0 Å². The second kappa shape index (κ2) is 8.39. The van der Waals surface area contributed by atoms with Gasteiger partial charge in [0.1, 0.15) is 0 Å². The number of carbonyl (C=O) groups is 1. The molecule has 26 heavy (non-hydrogen) atoms. The van der Waals surface area contributed by atoms with Gasteiger partial charge in [-0.05, 0) is 31.2 Å². The summed E-state index contributed by atoms with van der Waals surface area (Å²) in [6.07, 6.45) is 0. The van der Waals surface area contributed by atoms with E-state index in [2.05, 4.69) is 10.0 Å². The molecule has 0 aliphatic heterocycles. The van der Waals surface area contributed by atoms with Gasteiger partial charge in [0.05, 0.1) is 35.9 Å². The average molecular weight is 399 g/mol. The Balaban J connectivity index is 2.15. The number of rotatable bonds is 7. The normalized spacial score (nSPS) is 12.3. The summed E-state index contributed by atoms with van der Waals surface area (Å²) in [6, 6.07) is 9.81. The van der Waals surface area contributed by atoms with Crippen molar-refractivity contribution in [1.29, 1.82) is 0 Å². The summed E-state index contributed by atoms with van der Waals surface area (Å²) in [4.78, 5) is 12.2. The highest BCUT2D eigenvalue weighted by molar-refractivity contribution is 7.89. The molecule has 1 amide bonds. The summed E-state index contributed by atoms with van der Waals surface area (Å²) in [7, 11) is -1.09. The molecule has 0 fully saturated rings. The van der Waals surface area contributed by atoms with Crippen LogP contribution in [0, 0.1) is 0 Å². The van der Waals surface area contributed by atoms with E-state index >= 15 is 0 Å². The van der Waals surface area contributed by atoms with Gasteiger partial charge in [-0.2, -0.15) is 4.72 Å². The first kappa shape index (κ1) is 20.0. The Morgan fingerprint density at radius 1 is 1.08 bits per heavy atom. The van der Waals surface area contributed by atoms with Crippen LogP contribution < -0.4 is 19.5 Å². The highest BCUT2D eigenvalue weighted by Gasteiger charge is 2.23. The zero-order chi connectivity index (χ0) is 19.3. The average Bonchev–Trinajstić information content (AvgIpc) is 2.62. The molecular weight excluding hydrogens is 380 g/mol. The zero-order valence-corrected chi connectivity index (χ0v) is 16.0. The number of benzene rings is 2. The number of halogens is 1. The first-order chi connectivity index (χ1) is 12.3. The summed E-state index contributed by atoms with van der Waals surface area (Å²) >= 11 is 5.98. The predicted molar refractivity (Wildman–Crippen MR) is 99.4 cm³/mol. The van der Waals surface area contributed by atoms with Crippen LogP contribution in [0.1, 0.15) is 6.92 Å². The number of hydrogen-bond donors (Lipinski definition) is 2. The zero-order valence-electron chi connectivity index (χ0n) is 14.4. The molecule has 0 aliphatic rings. The first-order valence-corrected chi connectivity index (χ1v) is 9.44. The molecule has 2 N–H and O–H groups in total. The van der Waals surface area contributed by atoms with Crippen molar-refractivity contribution < 1.29 is 22.7 Å². The fourth-order valence-corrected chi connectivity index (χ4v) is 3.54. The Bertz CT molecular complexity index is 902. The summed E-state index contributed by atoms with van der Waals surface area (Å²) in [5.41, 5.74) is 0.399. The largest absolute Gasteiger partial charge is 0.493 e. The summed E-state index contributed by atoms with van der Waals surface area (Å²) < 4.78 is 37.6. The van der Waals surface area contributed by atoms with Gasteiger partial charge in [-0.1, -0.05) is 23.7 Å². The highest BCUT2D eigenvalue weighted by atomic mass is 35.5. The maximum Gasteiger partial charge on any atom is 0.242 e. The monoisotopic (exact) mass is 398 g/mol. The van der Waals surface area contributed by atoms with Crippen LogP contribution in [0.25, 0.3) is 0 Å². The van der Waals surface area contributed by atoms with Crippen LogP contribution in [0.15, 0.2) is 47.4 Å². The van der Waals surface area contributed by atoms with Crippen molar-refractivity contribution >= 4 is 33.2 Å². The third-order valence-corrected chi connectivity index (χ3v) is 5.39. The molecule has 0 spiro atoms. The number of ether oxygens (including phenoxy) is 2. The third kappa shape index (κ3) is 4.66. The molecule has 0 bridgehead atoms. The first-order valence-electron chi connectivity index (χ1n) is 7.58. The number of hydrogen-bond acceptors (Lipinski definition) is 5. The molecule has 0 unspecified atom stereocenters. The maximum absolute atomic E-state index is 12.5. The van der Waals surface area contributed by atoms with E-state index in [1.54, 1.807) is 24.3 Å². The van der Waals surface area contributed by atoms with Gasteiger partial charge in [0, 0.05) is 6.07 Å². The van der Waals surface area contributed by atoms with Gasteiger partial charge in [-0.15, -0.1) is 0 Å². The maximum atomic E-state index is 12.5. The van der Waals surface area contributed by atoms with Crippen LogP contribution in [0.3, 0.4) is 0 Å². The van der Waals surface area contributed by atoms with Gasteiger partial charge in [-0.25, -0.2) is 8.42 Å². The van der Waals surface area contributed by atoms with Gasteiger partial charge in [0.25, 0.3) is 0 Å². The van der Waals surface area contributed by atoms with E-state index in [1.165, 1.54) is 39.3 Å². The van der Waals surface area contributed by atoms with Crippen molar-refractivity contribution in [2.75, 3.05) is 19.5 Å². The van der Waals surface area contributed by atoms with Crippen LogP contribution in [0.5, 0.6) is 11.5 Å². The van der Waals surface area contributed by atoms with Crippen molar-refractivity contribution in [2.24, 2.45) is 0 Å². The fourth-order valence-electron chi connectivity index (χ4n) is 2.14. The molecule has 2 aromatic carbocycles. The van der Waals surface area contributed by atoms with Crippen molar-refractivity contribution in [3.8, 4) is 11.5 Å². The van der Waals surface area contributed by atoms with Crippen molar-refractivity contribution in [3.63, 3.8) is 0 Å². The van der Waals surface area contributed by atoms with E-state index in [0.29, 0.717) is 16.5 Å². The molecule has 9 heteroatoms. The van der Waals surface area contributed by atoms with E-state index in [0.717, 1.165) is 0 Å². The lowest BCUT2D eigenvalue weighted by molar-refractivity contribution is -0.117. The van der Waals surface area contributed by atoms with Gasteiger partial charge in [0.15, 0.2) is 11.5 Å². The molecule has 0 saturated carbocycles. The molecule has 0 saturated heterocycles. The molecule has 0 radical (unpaired) electrons. The van der Waals surface area contributed by atoms with Crippen molar-refractivity contribution in [1.82, 2.24) is 4.72 Å². The third-order valence-electron chi connectivity index (χ3n) is 3.52. The summed E-state index contributed by atoms with van der Waals surface area (Å²) in [5, 5.41) is 2.94. The Morgan fingerprint density at radius 3 is 2.35 bits per heavy atom. The molecule has 0 aliphatic carbocycles. The number of carbonyl (C=O) groups excluding carboxylic acids is 1. The van der Waals surface area contributed by atoms with E-state index in [9.17, 15) is 13.2 Å². The van der Waals surface area contributed by atoms with Crippen molar-refractivity contribution in [2.45, 2.75) is 17.9 Å².